The lowest BCUT2D eigenvalue weighted by molar-refractivity contribution is 0.597. The van der Waals surface area contributed by atoms with Crippen LogP contribution in [0.4, 0.5) is 0 Å². The molecule has 0 radical (unpaired) electrons. The van der Waals surface area contributed by atoms with Crippen LogP contribution >= 0.6 is 22.7 Å². The summed E-state index contributed by atoms with van der Waals surface area (Å²) in [5, 5.41) is 1.74. The molecular weight excluding hydrogens is 336 g/mol. The van der Waals surface area contributed by atoms with Crippen molar-refractivity contribution in [3.8, 4) is 0 Å². The molecule has 0 unspecified atom stereocenters. The van der Waals surface area contributed by atoms with Gasteiger partial charge in [0.2, 0.25) is 4.80 Å². The van der Waals surface area contributed by atoms with E-state index >= 15 is 0 Å². The Morgan fingerprint density at radius 3 is 2.59 bits per heavy atom. The number of rotatable bonds is 3. The molecule has 4 nitrogen and oxygen atoms in total. The maximum Gasteiger partial charge on any atom is 0.294 e. The van der Waals surface area contributed by atoms with Crippen LogP contribution in [0.15, 0.2) is 38.3 Å². The van der Waals surface area contributed by atoms with Crippen LogP contribution in [0.1, 0.15) is 18.1 Å². The molecule has 7 heteroatoms. The first-order valence-electron chi connectivity index (χ1n) is 6.87. The lowest BCUT2D eigenvalue weighted by atomic mass is 10.1. The van der Waals surface area contributed by atoms with Crippen molar-refractivity contribution in [1.29, 1.82) is 0 Å². The molecule has 2 heterocycles. The molecule has 2 aromatic heterocycles. The highest BCUT2D eigenvalue weighted by molar-refractivity contribution is 7.92. The van der Waals surface area contributed by atoms with Gasteiger partial charge >= 0.3 is 0 Å². The van der Waals surface area contributed by atoms with E-state index in [9.17, 15) is 8.42 Å². The van der Waals surface area contributed by atoms with Crippen LogP contribution < -0.4 is 4.80 Å². The predicted octanol–water partition coefficient (Wildman–Crippen LogP) is 3.69. The zero-order valence-corrected chi connectivity index (χ0v) is 15.0. The van der Waals surface area contributed by atoms with Crippen LogP contribution in [0.25, 0.3) is 10.2 Å². The fraction of sp³-hybridized carbons (Fsp3) is 0.267. The number of aromatic nitrogens is 1. The van der Waals surface area contributed by atoms with Crippen molar-refractivity contribution in [2.45, 2.75) is 31.5 Å². The molecule has 0 aliphatic rings. The van der Waals surface area contributed by atoms with Crippen molar-refractivity contribution in [1.82, 2.24) is 4.57 Å². The monoisotopic (exact) mass is 352 g/mol. The Hall–Kier alpha value is -1.44. The van der Waals surface area contributed by atoms with Gasteiger partial charge in [-0.15, -0.1) is 15.7 Å². The Morgan fingerprint density at radius 2 is 1.95 bits per heavy atom. The molecule has 0 bridgehead atoms. The standard InChI is InChI=1S/C15H16N2O2S3/c1-4-17-12-8-10(2)11(3)9-13(12)21-15(17)16-22(18,19)14-6-5-7-20-14/h5-9H,4H2,1-3H3. The molecule has 22 heavy (non-hydrogen) atoms. The molecule has 0 atom stereocenters. The van der Waals surface area contributed by atoms with E-state index in [0.717, 1.165) is 10.2 Å². The maximum atomic E-state index is 12.4. The maximum absolute atomic E-state index is 12.4. The lowest BCUT2D eigenvalue weighted by Crippen LogP contribution is -2.15. The highest BCUT2D eigenvalue weighted by Crippen LogP contribution is 2.23. The second kappa shape index (κ2) is 5.64. The zero-order valence-electron chi connectivity index (χ0n) is 12.5. The molecule has 0 spiro atoms. The van der Waals surface area contributed by atoms with Crippen LogP contribution in [0.5, 0.6) is 0 Å². The van der Waals surface area contributed by atoms with Gasteiger partial charge in [0, 0.05) is 6.54 Å². The van der Waals surface area contributed by atoms with Gasteiger partial charge < -0.3 is 4.57 Å². The van der Waals surface area contributed by atoms with Gasteiger partial charge in [-0.2, -0.15) is 8.42 Å². The van der Waals surface area contributed by atoms with Crippen LogP contribution in [0, 0.1) is 13.8 Å². The third-order valence-corrected chi connectivity index (χ3v) is 7.36. The average Bonchev–Trinajstić information content (AvgIpc) is 3.07. The topological polar surface area (TPSA) is 51.4 Å². The molecule has 0 amide bonds. The van der Waals surface area contributed by atoms with E-state index < -0.39 is 10.0 Å². The first kappa shape index (κ1) is 15.5. The third kappa shape index (κ3) is 2.64. The van der Waals surface area contributed by atoms with Gasteiger partial charge in [0.05, 0.1) is 10.2 Å². The Labute approximate surface area is 137 Å². The first-order chi connectivity index (χ1) is 10.4. The second-order valence-corrected chi connectivity index (χ2v) is 8.82. The minimum absolute atomic E-state index is 0.278. The van der Waals surface area contributed by atoms with Crippen molar-refractivity contribution in [2.75, 3.05) is 0 Å². The number of sulfonamides is 1. The Balaban J connectivity index is 2.29. The van der Waals surface area contributed by atoms with Crippen molar-refractivity contribution >= 4 is 42.9 Å². The average molecular weight is 353 g/mol. The number of benzene rings is 1. The van der Waals surface area contributed by atoms with E-state index in [1.54, 1.807) is 17.5 Å². The molecule has 0 aliphatic heterocycles. The largest absolute Gasteiger partial charge is 0.316 e. The highest BCUT2D eigenvalue weighted by Gasteiger charge is 2.15. The molecular formula is C15H16N2O2S3. The van der Waals surface area contributed by atoms with Crippen molar-refractivity contribution in [3.63, 3.8) is 0 Å². The number of fused-ring (bicyclic) bond motifs is 1. The highest BCUT2D eigenvalue weighted by atomic mass is 32.2. The predicted molar refractivity (Wildman–Crippen MR) is 92.0 cm³/mol. The van der Waals surface area contributed by atoms with Crippen molar-refractivity contribution in [2.24, 2.45) is 4.40 Å². The SMILES string of the molecule is CCn1c(=NS(=O)(=O)c2cccs2)sc2cc(C)c(C)cc21. The van der Waals surface area contributed by atoms with Gasteiger partial charge in [-0.3, -0.25) is 0 Å². The first-order valence-corrected chi connectivity index (χ1v) is 10.0. The Bertz CT molecular complexity index is 994. The summed E-state index contributed by atoms with van der Waals surface area (Å²) in [7, 11) is -3.64. The molecule has 0 aliphatic carbocycles. The molecule has 116 valence electrons. The quantitative estimate of drug-likeness (QED) is 0.722. The summed E-state index contributed by atoms with van der Waals surface area (Å²) in [5.41, 5.74) is 3.43. The summed E-state index contributed by atoms with van der Waals surface area (Å²) >= 11 is 2.61. The zero-order chi connectivity index (χ0) is 15.9. The second-order valence-electron chi connectivity index (χ2n) is 5.03. The summed E-state index contributed by atoms with van der Waals surface area (Å²) in [4.78, 5) is 0.524. The van der Waals surface area contributed by atoms with Crippen LogP contribution in [-0.4, -0.2) is 13.0 Å². The molecule has 0 saturated heterocycles. The minimum atomic E-state index is -3.64. The minimum Gasteiger partial charge on any atom is -0.316 e. The summed E-state index contributed by atoms with van der Waals surface area (Å²) in [6, 6.07) is 7.50. The van der Waals surface area contributed by atoms with E-state index in [1.165, 1.54) is 33.8 Å². The van der Waals surface area contributed by atoms with E-state index in [0.29, 0.717) is 11.3 Å². The number of thiophene rings is 1. The summed E-state index contributed by atoms with van der Waals surface area (Å²) in [6.45, 7) is 6.80. The summed E-state index contributed by atoms with van der Waals surface area (Å²) in [5.74, 6) is 0. The molecule has 0 saturated carbocycles. The summed E-state index contributed by atoms with van der Waals surface area (Å²) in [6.07, 6.45) is 0. The number of aryl methyl sites for hydroxylation is 3. The van der Waals surface area contributed by atoms with E-state index in [1.807, 2.05) is 11.5 Å². The van der Waals surface area contributed by atoms with Gasteiger partial charge in [0.1, 0.15) is 4.21 Å². The molecule has 3 aromatic rings. The van der Waals surface area contributed by atoms with Gasteiger partial charge in [0.25, 0.3) is 10.0 Å². The normalized spacial score (nSPS) is 13.1. The van der Waals surface area contributed by atoms with Crippen LogP contribution in [-0.2, 0) is 16.6 Å². The van der Waals surface area contributed by atoms with E-state index in [4.69, 9.17) is 0 Å². The van der Waals surface area contributed by atoms with E-state index in [-0.39, 0.29) is 4.21 Å². The number of hydrogen-bond donors (Lipinski definition) is 0. The number of nitrogens with zero attached hydrogens (tertiary/aromatic N) is 2. The fourth-order valence-corrected chi connectivity index (χ4v) is 5.60. The molecule has 0 fully saturated rings. The van der Waals surface area contributed by atoms with Crippen LogP contribution in [0.3, 0.4) is 0 Å². The smallest absolute Gasteiger partial charge is 0.294 e. The van der Waals surface area contributed by atoms with Crippen molar-refractivity contribution < 1.29 is 8.42 Å². The Morgan fingerprint density at radius 1 is 1.23 bits per heavy atom. The van der Waals surface area contributed by atoms with Crippen LogP contribution in [0.2, 0.25) is 0 Å². The fourth-order valence-electron chi connectivity index (χ4n) is 2.26. The van der Waals surface area contributed by atoms with Gasteiger partial charge in [-0.25, -0.2) is 0 Å². The lowest BCUT2D eigenvalue weighted by Gasteiger charge is -2.03. The van der Waals surface area contributed by atoms with Gasteiger partial charge in [0.15, 0.2) is 0 Å². The molecule has 0 N–H and O–H groups in total. The third-order valence-electron chi connectivity index (χ3n) is 3.56. The number of hydrogen-bond acceptors (Lipinski definition) is 4. The van der Waals surface area contributed by atoms with E-state index in [2.05, 4.69) is 30.4 Å². The Kier molecular flexibility index (Phi) is 3.96. The van der Waals surface area contributed by atoms with Gasteiger partial charge in [-0.1, -0.05) is 17.4 Å². The molecule has 1 aromatic carbocycles. The summed E-state index contributed by atoms with van der Waals surface area (Å²) < 4.78 is 32.1. The van der Waals surface area contributed by atoms with Gasteiger partial charge in [-0.05, 0) is 55.5 Å². The number of thiazole rings is 1. The van der Waals surface area contributed by atoms with Crippen molar-refractivity contribution in [3.05, 3.63) is 45.6 Å². The molecule has 3 rings (SSSR count).